The Morgan fingerprint density at radius 2 is 0.560 bits per heavy atom. The zero-order valence-corrected chi connectivity index (χ0v) is 28.4. The van der Waals surface area contributed by atoms with Crippen LogP contribution in [0.25, 0.3) is 0 Å². The fourth-order valence-electron chi connectivity index (χ4n) is 7.23. The molecule has 4 unspecified atom stereocenters. The van der Waals surface area contributed by atoms with Gasteiger partial charge < -0.3 is 25.4 Å². The molecule has 1 aliphatic rings. The zero-order chi connectivity index (χ0) is 31.9. The number of pyridine rings is 4. The van der Waals surface area contributed by atoms with E-state index in [9.17, 15) is 0 Å². The summed E-state index contributed by atoms with van der Waals surface area (Å²) in [6, 6.07) is 33.9. The van der Waals surface area contributed by atoms with Gasteiger partial charge in [-0.25, -0.2) is 0 Å². The van der Waals surface area contributed by atoms with E-state index in [-0.39, 0.29) is 50.9 Å². The molecule has 1 aliphatic heterocycles. The number of rotatable bonds is 4. The Labute approximate surface area is 303 Å². The van der Waals surface area contributed by atoms with E-state index in [0.717, 1.165) is 67.8 Å². The molecule has 9 heterocycles. The van der Waals surface area contributed by atoms with Crippen molar-refractivity contribution in [2.75, 3.05) is 0 Å². The van der Waals surface area contributed by atoms with Gasteiger partial charge in [-0.05, 0) is 95.1 Å². The van der Waals surface area contributed by atoms with Crippen molar-refractivity contribution >= 4 is 0 Å². The summed E-state index contributed by atoms with van der Waals surface area (Å²) in [7, 11) is 0. The van der Waals surface area contributed by atoms with Crippen LogP contribution < -0.4 is 9.97 Å². The van der Waals surface area contributed by atoms with Crippen LogP contribution in [0.4, 0.5) is 0 Å². The van der Waals surface area contributed by atoms with Gasteiger partial charge in [0.05, 0.1) is 0 Å². The van der Waals surface area contributed by atoms with Crippen LogP contribution in [0.1, 0.15) is 91.5 Å². The van der Waals surface area contributed by atoms with Crippen molar-refractivity contribution in [3.05, 3.63) is 214 Å². The van der Waals surface area contributed by atoms with Crippen molar-refractivity contribution in [1.29, 1.82) is 0 Å². The Morgan fingerprint density at radius 1 is 0.340 bits per heavy atom. The first-order valence-corrected chi connectivity index (χ1v) is 16.0. The van der Waals surface area contributed by atoms with E-state index in [1.807, 2.05) is 49.6 Å². The van der Waals surface area contributed by atoms with Gasteiger partial charge in [0, 0.05) is 96.0 Å². The second-order valence-corrected chi connectivity index (χ2v) is 12.2. The second-order valence-electron chi connectivity index (χ2n) is 12.2. The average Bonchev–Trinajstić information content (AvgIpc) is 3.98. The van der Waals surface area contributed by atoms with Crippen molar-refractivity contribution in [3.8, 4) is 0 Å². The largest absolute Gasteiger partial charge is 2.00 e. The van der Waals surface area contributed by atoms with Crippen molar-refractivity contribution < 1.29 is 27.2 Å². The van der Waals surface area contributed by atoms with Gasteiger partial charge >= 0.3 is 21.7 Å². The molecule has 50 heavy (non-hydrogen) atoms. The third-order valence-electron chi connectivity index (χ3n) is 9.41. The minimum atomic E-state index is -0.127. The summed E-state index contributed by atoms with van der Waals surface area (Å²) in [6.07, 6.45) is 14.8. The number of H-pyrrole nitrogens is 2. The van der Waals surface area contributed by atoms with Crippen LogP contribution in [0.3, 0.4) is 0 Å². The SMILES string of the molecule is O.[Ti+2].c1cc(C2c3ccc([n-]3)C(c3ccncc3)c3ccc([nH]3)C(c3ccncc3)c3ccc([n-]3)C(c3ccncc3)c3ccc2[nH]3)ccn1. The van der Waals surface area contributed by atoms with Crippen molar-refractivity contribution in [1.82, 2.24) is 39.9 Å². The van der Waals surface area contributed by atoms with Crippen molar-refractivity contribution in [2.24, 2.45) is 0 Å². The molecule has 0 saturated heterocycles. The van der Waals surface area contributed by atoms with Crippen molar-refractivity contribution in [3.63, 3.8) is 0 Å². The molecular formula is C40H32N8OTi. The fourth-order valence-corrected chi connectivity index (χ4v) is 7.23. The molecule has 9 rings (SSSR count). The molecule has 0 saturated carbocycles. The molecule has 4 atom stereocenters. The molecule has 0 aliphatic carbocycles. The summed E-state index contributed by atoms with van der Waals surface area (Å²) < 4.78 is 0. The Morgan fingerprint density at radius 3 is 0.780 bits per heavy atom. The molecule has 8 bridgehead atoms. The molecule has 9 nitrogen and oxygen atoms in total. The van der Waals surface area contributed by atoms with Crippen LogP contribution in [-0.4, -0.2) is 35.4 Å². The molecule has 0 amide bonds. The Kier molecular flexibility index (Phi) is 9.28. The first kappa shape index (κ1) is 32.9. The maximum absolute atomic E-state index is 5.38. The van der Waals surface area contributed by atoms with E-state index in [1.54, 1.807) is 0 Å². The van der Waals surface area contributed by atoms with Crippen LogP contribution in [0.5, 0.6) is 0 Å². The standard InChI is InChI=1S/C40H30N8.H2O.Ti/c1-2-30-38(26-11-19-42-20-12-26)32-5-6-34(47-32)40(28-15-23-44-24-16-28)36-8-7-35(48-36)39(27-13-21-43-22-14-27)33-4-3-31(46-33)37(29(1)45-30)25-9-17-41-18-10-25;;/h1-24,37-40,45,48H;1H2;/q-2;;+2. The molecule has 8 aromatic heterocycles. The van der Waals surface area contributed by atoms with Crippen molar-refractivity contribution in [2.45, 2.75) is 23.7 Å². The van der Waals surface area contributed by atoms with E-state index < -0.39 is 0 Å². The summed E-state index contributed by atoms with van der Waals surface area (Å²) in [5, 5.41) is 0. The number of fused-ring (bicyclic) bond motifs is 8. The molecule has 0 radical (unpaired) electrons. The Bertz CT molecular complexity index is 1880. The molecule has 0 spiro atoms. The minimum Gasteiger partial charge on any atom is -0.663 e. The first-order valence-electron chi connectivity index (χ1n) is 16.0. The van der Waals surface area contributed by atoms with Crippen LogP contribution in [0, 0.1) is 0 Å². The van der Waals surface area contributed by atoms with Gasteiger partial charge in [0.1, 0.15) is 0 Å². The summed E-state index contributed by atoms with van der Waals surface area (Å²) in [5.74, 6) is -0.507. The zero-order valence-electron chi connectivity index (χ0n) is 26.8. The third-order valence-corrected chi connectivity index (χ3v) is 9.41. The van der Waals surface area contributed by atoms with Gasteiger partial charge in [-0.3, -0.25) is 19.9 Å². The monoisotopic (exact) mass is 688 g/mol. The summed E-state index contributed by atoms with van der Waals surface area (Å²) >= 11 is 0. The normalized spacial score (nSPS) is 18.1. The van der Waals surface area contributed by atoms with Gasteiger partial charge in [-0.2, -0.15) is 0 Å². The van der Waals surface area contributed by atoms with Crippen LogP contribution in [-0.2, 0) is 21.7 Å². The number of aromatic nitrogens is 8. The predicted molar refractivity (Wildman–Crippen MR) is 185 cm³/mol. The van der Waals surface area contributed by atoms with Crippen LogP contribution in [0.15, 0.2) is 147 Å². The van der Waals surface area contributed by atoms with E-state index in [1.165, 1.54) is 0 Å². The molecule has 0 fully saturated rings. The Hall–Kier alpha value is -5.61. The molecular weight excluding hydrogens is 656 g/mol. The van der Waals surface area contributed by atoms with Crippen LogP contribution in [0.2, 0.25) is 0 Å². The first-order chi connectivity index (χ1) is 23.8. The number of nitrogens with zero attached hydrogens (tertiary/aromatic N) is 6. The summed E-state index contributed by atoms with van der Waals surface area (Å²) in [4.78, 5) is 35.7. The Balaban J connectivity index is 0.00000196. The minimum absolute atomic E-state index is 0. The smallest absolute Gasteiger partial charge is 0.663 e. The van der Waals surface area contributed by atoms with Gasteiger partial charge in [0.2, 0.25) is 0 Å². The quantitative estimate of drug-likeness (QED) is 0.216. The molecule has 242 valence electrons. The second kappa shape index (κ2) is 14.1. The van der Waals surface area contributed by atoms with E-state index in [0.29, 0.717) is 0 Å². The fraction of sp³-hybridized carbons (Fsp3) is 0.100. The van der Waals surface area contributed by atoms with Gasteiger partial charge in [0.25, 0.3) is 0 Å². The summed E-state index contributed by atoms with van der Waals surface area (Å²) in [5.41, 5.74) is 12.5. The third kappa shape index (κ3) is 5.96. The number of nitrogens with one attached hydrogen (secondary N) is 2. The van der Waals surface area contributed by atoms with Crippen LogP contribution >= 0.6 is 0 Å². The topological polar surface area (TPSA) is 143 Å². The van der Waals surface area contributed by atoms with E-state index in [2.05, 4.69) is 127 Å². The van der Waals surface area contributed by atoms with Gasteiger partial charge in [0.15, 0.2) is 0 Å². The molecule has 8 aromatic rings. The van der Waals surface area contributed by atoms with E-state index >= 15 is 0 Å². The number of hydrogen-bond donors (Lipinski definition) is 2. The number of hydrogen-bond acceptors (Lipinski definition) is 4. The summed E-state index contributed by atoms with van der Waals surface area (Å²) in [6.45, 7) is 0. The van der Waals surface area contributed by atoms with Gasteiger partial charge in [-0.1, -0.05) is 24.3 Å². The van der Waals surface area contributed by atoms with E-state index in [4.69, 9.17) is 9.97 Å². The average molecular weight is 689 g/mol. The van der Waals surface area contributed by atoms with Gasteiger partial charge in [-0.15, -0.1) is 22.8 Å². The molecule has 0 aromatic carbocycles. The predicted octanol–water partition coefficient (Wildman–Crippen LogP) is 6.04. The molecule has 4 N–H and O–H groups in total. The maximum atomic E-state index is 5.38. The number of aromatic amines is 2. The maximum Gasteiger partial charge on any atom is 2.00 e. The molecule has 10 heteroatoms.